The first-order chi connectivity index (χ1) is 16.0. The number of fused-ring (bicyclic) bond motifs is 1. The van der Waals surface area contributed by atoms with E-state index in [2.05, 4.69) is 16.0 Å². The zero-order valence-electron chi connectivity index (χ0n) is 18.8. The van der Waals surface area contributed by atoms with Crippen molar-refractivity contribution in [2.75, 3.05) is 30.3 Å². The summed E-state index contributed by atoms with van der Waals surface area (Å²) in [7, 11) is -4.93. The molecule has 34 heavy (non-hydrogen) atoms. The topological polar surface area (TPSA) is 108 Å². The van der Waals surface area contributed by atoms with Gasteiger partial charge in [0, 0.05) is 30.3 Å². The molecule has 1 fully saturated rings. The number of anilines is 2. The highest BCUT2D eigenvalue weighted by atomic mass is 32.3. The molecule has 0 radical (unpaired) electrons. The lowest BCUT2D eigenvalue weighted by Gasteiger charge is -2.42. The second-order valence-electron chi connectivity index (χ2n) is 8.66. The fraction of sp³-hybridized carbons (Fsp3) is 0.391. The first kappa shape index (κ1) is 24.1. The van der Waals surface area contributed by atoms with E-state index in [1.54, 1.807) is 6.92 Å². The minimum absolute atomic E-state index is 0.0170. The van der Waals surface area contributed by atoms with Gasteiger partial charge in [-0.2, -0.15) is 8.42 Å². The number of hydrogen-bond donors (Lipinski definition) is 3. The Morgan fingerprint density at radius 3 is 2.76 bits per heavy atom. The SMILES string of the molecule is CCNc1cc(F)cc2c1NC(=O)[C@]2(C)N1CCCC(NC(=O)c2cccc(S(=O)(=O)F)c2)C1. The van der Waals surface area contributed by atoms with E-state index in [9.17, 15) is 26.3 Å². The van der Waals surface area contributed by atoms with E-state index in [1.807, 2.05) is 11.8 Å². The van der Waals surface area contributed by atoms with Crippen LogP contribution in [-0.4, -0.2) is 50.8 Å². The van der Waals surface area contributed by atoms with Gasteiger partial charge in [0.2, 0.25) is 5.91 Å². The third-order valence-corrected chi connectivity index (χ3v) is 7.26. The molecule has 3 N–H and O–H groups in total. The molecule has 182 valence electrons. The van der Waals surface area contributed by atoms with E-state index in [-0.39, 0.29) is 17.5 Å². The Morgan fingerprint density at radius 2 is 2.06 bits per heavy atom. The van der Waals surface area contributed by atoms with Gasteiger partial charge < -0.3 is 16.0 Å². The third-order valence-electron chi connectivity index (χ3n) is 6.44. The number of nitrogens with one attached hydrogen (secondary N) is 3. The van der Waals surface area contributed by atoms with Gasteiger partial charge in [-0.15, -0.1) is 3.89 Å². The van der Waals surface area contributed by atoms with Crippen molar-refractivity contribution < 1.29 is 26.3 Å². The molecule has 11 heteroatoms. The predicted molar refractivity (Wildman–Crippen MR) is 123 cm³/mol. The molecule has 2 amide bonds. The van der Waals surface area contributed by atoms with Gasteiger partial charge in [-0.3, -0.25) is 14.5 Å². The van der Waals surface area contributed by atoms with Gasteiger partial charge in [-0.1, -0.05) is 6.07 Å². The number of rotatable bonds is 6. The van der Waals surface area contributed by atoms with Crippen molar-refractivity contribution in [1.29, 1.82) is 0 Å². The van der Waals surface area contributed by atoms with Crippen LogP contribution in [0.4, 0.5) is 19.7 Å². The molecule has 0 spiro atoms. The number of amides is 2. The molecule has 2 aliphatic heterocycles. The minimum atomic E-state index is -4.93. The van der Waals surface area contributed by atoms with Gasteiger partial charge in [0.15, 0.2) is 0 Å². The number of hydrogen-bond acceptors (Lipinski definition) is 6. The molecular formula is C23H26F2N4O4S. The maximum atomic E-state index is 14.4. The lowest BCUT2D eigenvalue weighted by molar-refractivity contribution is -0.127. The first-order valence-corrected chi connectivity index (χ1v) is 12.4. The summed E-state index contributed by atoms with van der Waals surface area (Å²) >= 11 is 0. The predicted octanol–water partition coefficient (Wildman–Crippen LogP) is 2.98. The lowest BCUT2D eigenvalue weighted by atomic mass is 9.88. The molecule has 2 aromatic rings. The largest absolute Gasteiger partial charge is 0.384 e. The van der Waals surface area contributed by atoms with E-state index in [1.165, 1.54) is 24.3 Å². The van der Waals surface area contributed by atoms with Crippen molar-refractivity contribution in [3.63, 3.8) is 0 Å². The average Bonchev–Trinajstić information content (AvgIpc) is 3.05. The highest BCUT2D eigenvalue weighted by molar-refractivity contribution is 7.86. The molecule has 0 bridgehead atoms. The van der Waals surface area contributed by atoms with Crippen LogP contribution in [0.3, 0.4) is 0 Å². The monoisotopic (exact) mass is 492 g/mol. The lowest BCUT2D eigenvalue weighted by Crippen LogP contribution is -2.57. The molecule has 2 aliphatic rings. The van der Waals surface area contributed by atoms with Crippen LogP contribution in [0.5, 0.6) is 0 Å². The standard InChI is InChI=1S/C23H26F2N4O4S/c1-3-26-19-12-15(24)11-18-20(19)28-22(31)23(18,2)29-9-5-7-16(13-29)27-21(30)14-6-4-8-17(10-14)34(25,32)33/h4,6,8,10-12,16,26H,3,5,7,9,13H2,1-2H3,(H,27,30)(H,28,31)/t16?,23-/m1/s1. The van der Waals surface area contributed by atoms with Crippen LogP contribution in [-0.2, 0) is 20.6 Å². The number of halogens is 2. The Balaban J connectivity index is 1.56. The Bertz CT molecular complexity index is 1250. The molecule has 2 aromatic carbocycles. The Labute approximate surface area is 196 Å². The molecule has 4 rings (SSSR count). The zero-order valence-corrected chi connectivity index (χ0v) is 19.6. The molecule has 1 saturated heterocycles. The molecular weight excluding hydrogens is 466 g/mol. The number of likely N-dealkylation sites (tertiary alicyclic amines) is 1. The van der Waals surface area contributed by atoms with E-state index in [0.717, 1.165) is 12.1 Å². The van der Waals surface area contributed by atoms with Gasteiger partial charge in [-0.05, 0) is 63.6 Å². The van der Waals surface area contributed by atoms with Crippen molar-refractivity contribution in [3.05, 3.63) is 53.3 Å². The van der Waals surface area contributed by atoms with Crippen LogP contribution < -0.4 is 16.0 Å². The van der Waals surface area contributed by atoms with Crippen molar-refractivity contribution in [1.82, 2.24) is 10.2 Å². The van der Waals surface area contributed by atoms with E-state index < -0.39 is 32.4 Å². The van der Waals surface area contributed by atoms with Crippen LogP contribution in [0.25, 0.3) is 0 Å². The molecule has 8 nitrogen and oxygen atoms in total. The maximum Gasteiger partial charge on any atom is 0.332 e. The Hall–Kier alpha value is -3.05. The third kappa shape index (κ3) is 4.37. The van der Waals surface area contributed by atoms with Crippen LogP contribution in [0, 0.1) is 5.82 Å². The zero-order chi connectivity index (χ0) is 24.7. The van der Waals surface area contributed by atoms with Crippen LogP contribution in [0.1, 0.15) is 42.6 Å². The average molecular weight is 493 g/mol. The van der Waals surface area contributed by atoms with Crippen molar-refractivity contribution in [2.24, 2.45) is 0 Å². The molecule has 0 aliphatic carbocycles. The molecule has 1 unspecified atom stereocenters. The fourth-order valence-electron chi connectivity index (χ4n) is 4.69. The van der Waals surface area contributed by atoms with Crippen molar-refractivity contribution in [3.8, 4) is 0 Å². The Kier molecular flexibility index (Phi) is 6.34. The number of carbonyl (C=O) groups is 2. The summed E-state index contributed by atoms with van der Waals surface area (Å²) in [6.45, 7) is 5.07. The van der Waals surface area contributed by atoms with Gasteiger partial charge in [-0.25, -0.2) is 4.39 Å². The van der Waals surface area contributed by atoms with Crippen molar-refractivity contribution in [2.45, 2.75) is 43.2 Å². The highest BCUT2D eigenvalue weighted by Gasteiger charge is 2.49. The second-order valence-corrected chi connectivity index (χ2v) is 10.0. The van der Waals surface area contributed by atoms with E-state index in [0.29, 0.717) is 49.4 Å². The highest BCUT2D eigenvalue weighted by Crippen LogP contribution is 2.45. The quantitative estimate of drug-likeness (QED) is 0.536. The van der Waals surface area contributed by atoms with E-state index >= 15 is 0 Å². The molecule has 2 atom stereocenters. The smallest absolute Gasteiger partial charge is 0.332 e. The van der Waals surface area contributed by atoms with Gasteiger partial charge in [0.05, 0.1) is 16.3 Å². The number of nitrogens with zero attached hydrogens (tertiary/aromatic N) is 1. The van der Waals surface area contributed by atoms with Gasteiger partial charge in [0.1, 0.15) is 11.4 Å². The van der Waals surface area contributed by atoms with Gasteiger partial charge in [0.25, 0.3) is 5.91 Å². The van der Waals surface area contributed by atoms with Crippen molar-refractivity contribution >= 4 is 33.4 Å². The second kappa shape index (κ2) is 8.95. The van der Waals surface area contributed by atoms with Crippen LogP contribution in [0.15, 0.2) is 41.3 Å². The fourth-order valence-corrected chi connectivity index (χ4v) is 5.19. The van der Waals surface area contributed by atoms with Crippen LogP contribution >= 0.6 is 0 Å². The number of benzene rings is 2. The van der Waals surface area contributed by atoms with E-state index in [4.69, 9.17) is 0 Å². The number of carbonyl (C=O) groups excluding carboxylic acids is 2. The summed E-state index contributed by atoms with van der Waals surface area (Å²) in [6.07, 6.45) is 1.32. The molecule has 2 heterocycles. The Morgan fingerprint density at radius 1 is 1.29 bits per heavy atom. The maximum absolute atomic E-state index is 14.4. The summed E-state index contributed by atoms with van der Waals surface area (Å²) < 4.78 is 50.1. The van der Waals surface area contributed by atoms with Crippen LogP contribution in [0.2, 0.25) is 0 Å². The normalized spacial score (nSPS) is 22.7. The first-order valence-electron chi connectivity index (χ1n) is 11.0. The molecule has 0 aromatic heterocycles. The summed E-state index contributed by atoms with van der Waals surface area (Å²) in [6, 6.07) is 7.12. The summed E-state index contributed by atoms with van der Waals surface area (Å²) in [4.78, 5) is 27.2. The summed E-state index contributed by atoms with van der Waals surface area (Å²) in [5, 5.41) is 8.81. The van der Waals surface area contributed by atoms with Gasteiger partial charge >= 0.3 is 10.2 Å². The molecule has 0 saturated carbocycles. The summed E-state index contributed by atoms with van der Waals surface area (Å²) in [5.41, 5.74) is 0.475. The number of piperidine rings is 1. The minimum Gasteiger partial charge on any atom is -0.384 e. The summed E-state index contributed by atoms with van der Waals surface area (Å²) in [5.74, 6) is -1.28.